The van der Waals surface area contributed by atoms with Gasteiger partial charge in [-0.1, -0.05) is 24.9 Å². The smallest absolute Gasteiger partial charge is 0.241 e. The molecule has 1 aromatic rings. The van der Waals surface area contributed by atoms with E-state index < -0.39 is 10.0 Å². The van der Waals surface area contributed by atoms with E-state index in [1.165, 1.54) is 6.07 Å². The molecule has 1 rings (SSSR count). The summed E-state index contributed by atoms with van der Waals surface area (Å²) in [4.78, 5) is 0.251. The summed E-state index contributed by atoms with van der Waals surface area (Å²) in [5.74, 6) is 0. The predicted octanol–water partition coefficient (Wildman–Crippen LogP) is 2.05. The first-order valence-electron chi connectivity index (χ1n) is 5.89. The van der Waals surface area contributed by atoms with Crippen LogP contribution in [0.5, 0.6) is 0 Å². The van der Waals surface area contributed by atoms with Gasteiger partial charge in [-0.15, -0.1) is 0 Å². The molecule has 0 spiro atoms. The van der Waals surface area contributed by atoms with Gasteiger partial charge >= 0.3 is 0 Å². The lowest BCUT2D eigenvalue weighted by Crippen LogP contribution is -2.40. The molecule has 18 heavy (non-hydrogen) atoms. The van der Waals surface area contributed by atoms with Crippen LogP contribution in [0.4, 0.5) is 0 Å². The topological polar surface area (TPSA) is 72.2 Å². The molecule has 0 aliphatic carbocycles. The largest absolute Gasteiger partial charge is 0.329 e. The molecule has 1 aromatic carbocycles. The molecule has 0 aromatic heterocycles. The minimum Gasteiger partial charge on any atom is -0.329 e. The third-order valence-corrected chi connectivity index (χ3v) is 4.59. The molecular formula is C12H19ClN2O2S. The summed E-state index contributed by atoms with van der Waals surface area (Å²) < 4.78 is 27.0. The number of nitrogens with two attached hydrogens (primary N) is 1. The summed E-state index contributed by atoms with van der Waals surface area (Å²) in [7, 11) is -3.53. The van der Waals surface area contributed by atoms with Crippen molar-refractivity contribution in [2.75, 3.05) is 6.54 Å². The lowest BCUT2D eigenvalue weighted by atomic mass is 10.2. The standard InChI is InChI=1S/C12H19ClN2O2S/c1-3-4-11(8-14)15-18(16,17)12-6-5-10(13)7-9(12)2/h5-7,11,15H,3-4,8,14H2,1-2H3. The number of hydrogen-bond acceptors (Lipinski definition) is 3. The fourth-order valence-electron chi connectivity index (χ4n) is 1.77. The maximum absolute atomic E-state index is 12.2. The molecule has 0 radical (unpaired) electrons. The van der Waals surface area contributed by atoms with Gasteiger partial charge in [0.2, 0.25) is 10.0 Å². The molecule has 1 atom stereocenters. The average Bonchev–Trinajstić information content (AvgIpc) is 2.27. The zero-order chi connectivity index (χ0) is 13.8. The maximum atomic E-state index is 12.2. The highest BCUT2D eigenvalue weighted by Crippen LogP contribution is 2.19. The number of sulfonamides is 1. The summed E-state index contributed by atoms with van der Waals surface area (Å²) in [6.45, 7) is 4.00. The van der Waals surface area contributed by atoms with E-state index in [9.17, 15) is 8.42 Å². The van der Waals surface area contributed by atoms with Crippen molar-refractivity contribution in [1.29, 1.82) is 0 Å². The molecule has 3 N–H and O–H groups in total. The van der Waals surface area contributed by atoms with Gasteiger partial charge in [-0.25, -0.2) is 13.1 Å². The third kappa shape index (κ3) is 3.95. The fourth-order valence-corrected chi connectivity index (χ4v) is 3.51. The Balaban J connectivity index is 2.99. The Labute approximate surface area is 114 Å². The maximum Gasteiger partial charge on any atom is 0.241 e. The van der Waals surface area contributed by atoms with Crippen LogP contribution < -0.4 is 10.5 Å². The van der Waals surface area contributed by atoms with E-state index in [1.807, 2.05) is 6.92 Å². The molecule has 102 valence electrons. The number of nitrogens with one attached hydrogen (secondary N) is 1. The van der Waals surface area contributed by atoms with E-state index in [1.54, 1.807) is 19.1 Å². The van der Waals surface area contributed by atoms with Crippen molar-refractivity contribution >= 4 is 21.6 Å². The van der Waals surface area contributed by atoms with Crippen LogP contribution in [0.2, 0.25) is 5.02 Å². The van der Waals surface area contributed by atoms with Gasteiger partial charge in [0.25, 0.3) is 0 Å². The van der Waals surface area contributed by atoms with Gasteiger partial charge in [-0.3, -0.25) is 0 Å². The predicted molar refractivity (Wildman–Crippen MR) is 74.3 cm³/mol. The van der Waals surface area contributed by atoms with Gasteiger partial charge in [0.05, 0.1) is 4.90 Å². The number of rotatable bonds is 6. The number of aryl methyl sites for hydroxylation is 1. The Morgan fingerprint density at radius 2 is 2.11 bits per heavy atom. The SMILES string of the molecule is CCCC(CN)NS(=O)(=O)c1ccc(Cl)cc1C. The minimum atomic E-state index is -3.53. The highest BCUT2D eigenvalue weighted by molar-refractivity contribution is 7.89. The molecular weight excluding hydrogens is 272 g/mol. The van der Waals surface area contributed by atoms with E-state index >= 15 is 0 Å². The average molecular weight is 291 g/mol. The quantitative estimate of drug-likeness (QED) is 0.842. The van der Waals surface area contributed by atoms with Crippen molar-refractivity contribution < 1.29 is 8.42 Å². The van der Waals surface area contributed by atoms with Crippen LogP contribution in [-0.4, -0.2) is 21.0 Å². The van der Waals surface area contributed by atoms with Crippen LogP contribution in [0.3, 0.4) is 0 Å². The zero-order valence-electron chi connectivity index (χ0n) is 10.6. The van der Waals surface area contributed by atoms with Crippen molar-refractivity contribution in [3.05, 3.63) is 28.8 Å². The lowest BCUT2D eigenvalue weighted by molar-refractivity contribution is 0.527. The summed E-state index contributed by atoms with van der Waals surface area (Å²) in [6, 6.07) is 4.49. The summed E-state index contributed by atoms with van der Waals surface area (Å²) in [5.41, 5.74) is 6.19. The summed E-state index contributed by atoms with van der Waals surface area (Å²) >= 11 is 5.81. The number of hydrogen-bond donors (Lipinski definition) is 2. The molecule has 1 unspecified atom stereocenters. The fraction of sp³-hybridized carbons (Fsp3) is 0.500. The molecule has 0 bridgehead atoms. The molecule has 0 aliphatic rings. The van der Waals surface area contributed by atoms with Gasteiger partial charge in [0.15, 0.2) is 0 Å². The summed E-state index contributed by atoms with van der Waals surface area (Å²) in [6.07, 6.45) is 1.60. The monoisotopic (exact) mass is 290 g/mol. The van der Waals surface area contributed by atoms with Gasteiger partial charge in [-0.2, -0.15) is 0 Å². The van der Waals surface area contributed by atoms with Gasteiger partial charge in [-0.05, 0) is 37.1 Å². The van der Waals surface area contributed by atoms with Crippen LogP contribution in [0, 0.1) is 6.92 Å². The molecule has 0 saturated heterocycles. The van der Waals surface area contributed by atoms with Gasteiger partial charge in [0.1, 0.15) is 0 Å². The molecule has 6 heteroatoms. The van der Waals surface area contributed by atoms with Crippen LogP contribution in [-0.2, 0) is 10.0 Å². The lowest BCUT2D eigenvalue weighted by Gasteiger charge is -2.17. The first-order chi connectivity index (χ1) is 8.40. The second-order valence-electron chi connectivity index (χ2n) is 4.25. The van der Waals surface area contributed by atoms with Crippen LogP contribution in [0.25, 0.3) is 0 Å². The van der Waals surface area contributed by atoms with Crippen molar-refractivity contribution in [2.45, 2.75) is 37.6 Å². The van der Waals surface area contributed by atoms with Crippen molar-refractivity contribution in [2.24, 2.45) is 5.73 Å². The molecule has 0 amide bonds. The van der Waals surface area contributed by atoms with E-state index in [2.05, 4.69) is 4.72 Å². The van der Waals surface area contributed by atoms with Crippen LogP contribution in [0.1, 0.15) is 25.3 Å². The van der Waals surface area contributed by atoms with Crippen molar-refractivity contribution in [3.63, 3.8) is 0 Å². The van der Waals surface area contributed by atoms with E-state index in [0.717, 1.165) is 12.8 Å². The second kappa shape index (κ2) is 6.52. The van der Waals surface area contributed by atoms with Gasteiger partial charge < -0.3 is 5.73 Å². The third-order valence-electron chi connectivity index (χ3n) is 2.67. The highest BCUT2D eigenvalue weighted by Gasteiger charge is 2.20. The summed E-state index contributed by atoms with van der Waals surface area (Å²) in [5, 5.41) is 0.524. The van der Waals surface area contributed by atoms with E-state index in [-0.39, 0.29) is 10.9 Å². The number of halogens is 1. The Kier molecular flexibility index (Phi) is 5.59. The normalized spacial score (nSPS) is 13.6. The molecule has 0 fully saturated rings. The Hall–Kier alpha value is -0.620. The first kappa shape index (κ1) is 15.4. The van der Waals surface area contributed by atoms with Crippen molar-refractivity contribution in [1.82, 2.24) is 4.72 Å². The Bertz CT molecular complexity index is 503. The Morgan fingerprint density at radius 3 is 2.61 bits per heavy atom. The first-order valence-corrected chi connectivity index (χ1v) is 7.75. The molecule has 0 heterocycles. The van der Waals surface area contributed by atoms with E-state index in [4.69, 9.17) is 17.3 Å². The molecule has 0 aliphatic heterocycles. The zero-order valence-corrected chi connectivity index (χ0v) is 12.2. The Morgan fingerprint density at radius 1 is 1.44 bits per heavy atom. The van der Waals surface area contributed by atoms with Gasteiger partial charge in [0, 0.05) is 17.6 Å². The van der Waals surface area contributed by atoms with Crippen LogP contribution in [0.15, 0.2) is 23.1 Å². The molecule has 4 nitrogen and oxygen atoms in total. The van der Waals surface area contributed by atoms with Crippen LogP contribution >= 0.6 is 11.6 Å². The minimum absolute atomic E-state index is 0.227. The number of benzene rings is 1. The second-order valence-corrected chi connectivity index (χ2v) is 6.37. The molecule has 0 saturated carbocycles. The van der Waals surface area contributed by atoms with Crippen molar-refractivity contribution in [3.8, 4) is 0 Å². The highest BCUT2D eigenvalue weighted by atomic mass is 35.5. The van der Waals surface area contributed by atoms with E-state index in [0.29, 0.717) is 17.1 Å².